The number of β-amino-alcohol motifs (C(OH)–C–C–N with tert-alkyl or cyclic N) is 1. The van der Waals surface area contributed by atoms with Crippen molar-refractivity contribution in [2.75, 3.05) is 49.7 Å². The van der Waals surface area contributed by atoms with Crippen LogP contribution in [0.1, 0.15) is 56.6 Å². The summed E-state index contributed by atoms with van der Waals surface area (Å²) in [5.41, 5.74) is 9.87. The Bertz CT molecular complexity index is 1290. The molecular formula is C29H42ClN7O3S. The van der Waals surface area contributed by atoms with Crippen molar-refractivity contribution >= 4 is 46.1 Å². The Morgan fingerprint density at radius 3 is 2.68 bits per heavy atom. The Hall–Kier alpha value is -2.73. The average Bonchev–Trinajstić information content (AvgIpc) is 3.76. The van der Waals surface area contributed by atoms with Crippen molar-refractivity contribution in [1.82, 2.24) is 14.9 Å². The molecule has 0 bridgehead atoms. The molecule has 2 fully saturated rings. The molecule has 1 aliphatic carbocycles. The van der Waals surface area contributed by atoms with Gasteiger partial charge in [0.05, 0.1) is 41.1 Å². The third-order valence-electron chi connectivity index (χ3n) is 7.13. The second-order valence-corrected chi connectivity index (χ2v) is 12.9. The van der Waals surface area contributed by atoms with Crippen molar-refractivity contribution in [3.8, 4) is 5.75 Å². The van der Waals surface area contributed by atoms with E-state index in [9.17, 15) is 9.32 Å². The number of nitrogens with two attached hydrogens (primary N) is 1. The highest BCUT2D eigenvalue weighted by atomic mass is 35.5. The number of hydrogen-bond acceptors (Lipinski definition) is 10. The monoisotopic (exact) mass is 603 g/mol. The number of nitrogens with zero attached hydrogens (tertiary/aromatic N) is 4. The number of aryl methyl sites for hydroxylation is 1. The SMILES string of the molecule is CN=CC(Nc1nc(Nc2cc(C)c(C3CCN(CCO)CC3)cc2OC2CC2)ncc1Cl)=C(N)S(=O)CC(C)C. The van der Waals surface area contributed by atoms with E-state index >= 15 is 0 Å². The molecule has 2 aliphatic rings. The average molecular weight is 604 g/mol. The fourth-order valence-electron chi connectivity index (χ4n) is 4.88. The maximum absolute atomic E-state index is 12.7. The predicted molar refractivity (Wildman–Crippen MR) is 168 cm³/mol. The topological polar surface area (TPSA) is 138 Å². The molecule has 1 saturated carbocycles. The van der Waals surface area contributed by atoms with Crippen LogP contribution in [0.15, 0.2) is 34.0 Å². The van der Waals surface area contributed by atoms with Crippen molar-refractivity contribution < 1.29 is 14.1 Å². The first kappa shape index (κ1) is 31.2. The van der Waals surface area contributed by atoms with E-state index in [2.05, 4.69) is 49.6 Å². The third-order valence-corrected chi connectivity index (χ3v) is 9.08. The number of aliphatic hydroxyl groups excluding tert-OH is 1. The van der Waals surface area contributed by atoms with Gasteiger partial charge in [-0.1, -0.05) is 25.4 Å². The first-order valence-electron chi connectivity index (χ1n) is 14.2. The second kappa shape index (κ2) is 14.4. The Balaban J connectivity index is 1.58. The molecule has 0 spiro atoms. The molecule has 2 heterocycles. The maximum atomic E-state index is 12.7. The lowest BCUT2D eigenvalue weighted by molar-refractivity contribution is 0.164. The summed E-state index contributed by atoms with van der Waals surface area (Å²) in [5, 5.41) is 16.2. The van der Waals surface area contributed by atoms with Gasteiger partial charge in [-0.25, -0.2) is 4.98 Å². The van der Waals surface area contributed by atoms with Gasteiger partial charge >= 0.3 is 0 Å². The zero-order valence-corrected chi connectivity index (χ0v) is 25.9. The molecule has 4 rings (SSSR count). The standard InChI is InChI=1S/C29H42ClN7O3S/c1-18(2)17-41(39)27(31)25(16-32-4)34-28-23(30)15-33-29(36-28)35-24-13-19(3)22(14-26(24)40-21-5-6-21)20-7-9-37(10-8-20)11-12-38/h13-16,18,20-21,38H,5-12,17,31H2,1-4H3,(H2,33,34,35,36). The first-order chi connectivity index (χ1) is 19.7. The van der Waals surface area contributed by atoms with Crippen LogP contribution in [0.25, 0.3) is 0 Å². The highest BCUT2D eigenvalue weighted by Crippen LogP contribution is 2.40. The number of halogens is 1. The summed E-state index contributed by atoms with van der Waals surface area (Å²) in [6.07, 6.45) is 7.42. The van der Waals surface area contributed by atoms with Crippen LogP contribution < -0.4 is 21.1 Å². The number of piperidine rings is 1. The minimum atomic E-state index is -1.39. The third kappa shape index (κ3) is 8.64. The minimum absolute atomic E-state index is 0.182. The highest BCUT2D eigenvalue weighted by molar-refractivity contribution is 7.88. The van der Waals surface area contributed by atoms with Crippen molar-refractivity contribution in [2.45, 2.75) is 58.5 Å². The molecule has 1 aliphatic heterocycles. The van der Waals surface area contributed by atoms with Gasteiger partial charge in [0.1, 0.15) is 15.8 Å². The summed E-state index contributed by atoms with van der Waals surface area (Å²) in [4.78, 5) is 15.4. The summed E-state index contributed by atoms with van der Waals surface area (Å²) in [6.45, 7) is 8.98. The van der Waals surface area contributed by atoms with Gasteiger partial charge < -0.3 is 31.1 Å². The molecule has 2 aromatic rings. The molecule has 0 amide bonds. The zero-order chi connectivity index (χ0) is 29.5. The van der Waals surface area contributed by atoms with Gasteiger partial charge in [-0.2, -0.15) is 4.98 Å². The lowest BCUT2D eigenvalue weighted by Gasteiger charge is -2.32. The number of aliphatic imine (C=N–C) groups is 1. The number of likely N-dealkylation sites (tertiary alicyclic amines) is 1. The summed E-state index contributed by atoms with van der Waals surface area (Å²) in [7, 11) is 0.226. The van der Waals surface area contributed by atoms with E-state index in [0.717, 1.165) is 56.8 Å². The second-order valence-electron chi connectivity index (χ2n) is 11.1. The molecule has 1 unspecified atom stereocenters. The van der Waals surface area contributed by atoms with E-state index in [1.54, 1.807) is 7.05 Å². The van der Waals surface area contributed by atoms with Crippen LogP contribution in [-0.4, -0.2) is 75.5 Å². The summed E-state index contributed by atoms with van der Waals surface area (Å²) < 4.78 is 19.1. The van der Waals surface area contributed by atoms with Gasteiger partial charge in [0, 0.05) is 25.6 Å². The van der Waals surface area contributed by atoms with Gasteiger partial charge in [-0.05, 0) is 80.8 Å². The molecule has 41 heavy (non-hydrogen) atoms. The highest BCUT2D eigenvalue weighted by Gasteiger charge is 2.27. The molecular weight excluding hydrogens is 562 g/mol. The molecule has 1 aromatic carbocycles. The normalized spacial score (nSPS) is 18.0. The number of anilines is 3. The van der Waals surface area contributed by atoms with Crippen molar-refractivity contribution in [1.29, 1.82) is 0 Å². The number of aliphatic hydroxyl groups is 1. The summed E-state index contributed by atoms with van der Waals surface area (Å²) in [5.74, 6) is 2.52. The zero-order valence-electron chi connectivity index (χ0n) is 24.3. The van der Waals surface area contributed by atoms with Crippen LogP contribution in [0.2, 0.25) is 5.02 Å². The predicted octanol–water partition coefficient (Wildman–Crippen LogP) is 4.54. The molecule has 1 atom stereocenters. The van der Waals surface area contributed by atoms with E-state index < -0.39 is 10.8 Å². The Morgan fingerprint density at radius 2 is 2.05 bits per heavy atom. The van der Waals surface area contributed by atoms with Crippen molar-refractivity contribution in [2.24, 2.45) is 16.6 Å². The Morgan fingerprint density at radius 1 is 1.32 bits per heavy atom. The van der Waals surface area contributed by atoms with Crippen LogP contribution in [-0.2, 0) is 10.8 Å². The van der Waals surface area contributed by atoms with E-state index in [0.29, 0.717) is 29.1 Å². The van der Waals surface area contributed by atoms with E-state index in [4.69, 9.17) is 22.1 Å². The smallest absolute Gasteiger partial charge is 0.229 e. The lowest BCUT2D eigenvalue weighted by atomic mass is 9.86. The van der Waals surface area contributed by atoms with Gasteiger partial charge in [-0.15, -0.1) is 0 Å². The maximum Gasteiger partial charge on any atom is 0.229 e. The fraction of sp³-hybridized carbons (Fsp3) is 0.552. The number of ether oxygens (including phenoxy) is 1. The van der Waals surface area contributed by atoms with Crippen LogP contribution >= 0.6 is 11.6 Å². The molecule has 10 nitrogen and oxygen atoms in total. The molecule has 224 valence electrons. The number of rotatable bonds is 13. The first-order valence-corrected chi connectivity index (χ1v) is 15.9. The van der Waals surface area contributed by atoms with Crippen LogP contribution in [0.3, 0.4) is 0 Å². The van der Waals surface area contributed by atoms with Crippen LogP contribution in [0, 0.1) is 12.8 Å². The molecule has 1 aromatic heterocycles. The number of hydrogen-bond donors (Lipinski definition) is 4. The molecule has 1 saturated heterocycles. The fourth-order valence-corrected chi connectivity index (χ4v) is 6.15. The Labute approximate surface area is 250 Å². The lowest BCUT2D eigenvalue weighted by Crippen LogP contribution is -2.35. The molecule has 0 radical (unpaired) electrons. The van der Waals surface area contributed by atoms with Gasteiger partial charge in [0.2, 0.25) is 5.95 Å². The van der Waals surface area contributed by atoms with Crippen molar-refractivity contribution in [3.05, 3.63) is 45.2 Å². The van der Waals surface area contributed by atoms with Crippen LogP contribution in [0.4, 0.5) is 17.5 Å². The van der Waals surface area contributed by atoms with Gasteiger partial charge in [0.15, 0.2) is 5.82 Å². The van der Waals surface area contributed by atoms with Gasteiger partial charge in [0.25, 0.3) is 0 Å². The molecule has 12 heteroatoms. The molecule has 5 N–H and O–H groups in total. The largest absolute Gasteiger partial charge is 0.488 e. The number of nitrogens with one attached hydrogen (secondary N) is 2. The summed E-state index contributed by atoms with van der Waals surface area (Å²) in [6, 6.07) is 4.26. The van der Waals surface area contributed by atoms with E-state index in [-0.39, 0.29) is 28.7 Å². The quantitative estimate of drug-likeness (QED) is 0.243. The van der Waals surface area contributed by atoms with Crippen LogP contribution in [0.5, 0.6) is 5.75 Å². The number of aromatic nitrogens is 2. The number of benzene rings is 1. The Kier molecular flexibility index (Phi) is 11.0. The van der Waals surface area contributed by atoms with Gasteiger partial charge in [-0.3, -0.25) is 9.20 Å². The van der Waals surface area contributed by atoms with E-state index in [1.807, 2.05) is 13.8 Å². The minimum Gasteiger partial charge on any atom is -0.488 e. The van der Waals surface area contributed by atoms with E-state index in [1.165, 1.54) is 23.5 Å². The summed E-state index contributed by atoms with van der Waals surface area (Å²) >= 11 is 6.44. The van der Waals surface area contributed by atoms with Crippen molar-refractivity contribution in [3.63, 3.8) is 0 Å². The number of allylic oxidation sites excluding steroid dienone is 1.